The number of hydrogen-bond donors (Lipinski definition) is 1. The van der Waals surface area contributed by atoms with E-state index in [0.29, 0.717) is 0 Å². The summed E-state index contributed by atoms with van der Waals surface area (Å²) in [5, 5.41) is 3.77. The molecule has 0 spiro atoms. The predicted molar refractivity (Wildman–Crippen MR) is 84.3 cm³/mol. The average molecular weight is 263 g/mol. The van der Waals surface area contributed by atoms with Crippen molar-refractivity contribution in [3.63, 3.8) is 0 Å². The van der Waals surface area contributed by atoms with Crippen LogP contribution in [0.5, 0.6) is 0 Å². The van der Waals surface area contributed by atoms with Crippen molar-refractivity contribution in [2.24, 2.45) is 17.8 Å². The summed E-state index contributed by atoms with van der Waals surface area (Å²) in [6, 6.07) is 0.771. The molecule has 0 amide bonds. The van der Waals surface area contributed by atoms with Crippen LogP contribution in [-0.2, 0) is 0 Å². The van der Waals surface area contributed by atoms with E-state index in [2.05, 4.69) is 24.9 Å². The summed E-state index contributed by atoms with van der Waals surface area (Å²) < 4.78 is 0. The fourth-order valence-electron chi connectivity index (χ4n) is 4.52. The second-order valence-corrected chi connectivity index (χ2v) is 6.76. The average Bonchev–Trinajstić information content (AvgIpc) is 2.46. The van der Waals surface area contributed by atoms with Crippen molar-refractivity contribution in [2.45, 2.75) is 77.2 Å². The highest BCUT2D eigenvalue weighted by molar-refractivity contribution is 4.88. The topological polar surface area (TPSA) is 12.0 Å². The molecule has 4 atom stereocenters. The van der Waals surface area contributed by atoms with Crippen LogP contribution >= 0.6 is 0 Å². The molecule has 0 aromatic heterocycles. The van der Waals surface area contributed by atoms with Gasteiger partial charge in [0.25, 0.3) is 0 Å². The Bertz CT molecular complexity index is 260. The maximum Gasteiger partial charge on any atom is 0.00954 e. The van der Waals surface area contributed by atoms with Gasteiger partial charge < -0.3 is 5.32 Å². The summed E-state index contributed by atoms with van der Waals surface area (Å²) in [7, 11) is 0. The molecule has 0 radical (unpaired) electrons. The first-order valence-corrected chi connectivity index (χ1v) is 8.69. The quantitative estimate of drug-likeness (QED) is 0.507. The molecule has 0 aromatic carbocycles. The summed E-state index contributed by atoms with van der Waals surface area (Å²) in [5.41, 5.74) is 0. The molecule has 0 bridgehead atoms. The highest BCUT2D eigenvalue weighted by atomic mass is 14.9. The van der Waals surface area contributed by atoms with Crippen molar-refractivity contribution in [2.75, 3.05) is 6.54 Å². The lowest BCUT2D eigenvalue weighted by Crippen LogP contribution is -2.41. The molecule has 2 aliphatic rings. The summed E-state index contributed by atoms with van der Waals surface area (Å²) >= 11 is 0. The van der Waals surface area contributed by atoms with Crippen molar-refractivity contribution in [1.29, 1.82) is 0 Å². The highest BCUT2D eigenvalue weighted by Crippen LogP contribution is 2.44. The zero-order valence-corrected chi connectivity index (χ0v) is 12.9. The molecule has 0 heterocycles. The van der Waals surface area contributed by atoms with E-state index in [0.717, 1.165) is 30.3 Å². The zero-order valence-electron chi connectivity index (χ0n) is 12.9. The van der Waals surface area contributed by atoms with Gasteiger partial charge in [-0.3, -0.25) is 0 Å². The Hall–Kier alpha value is -0.300. The second-order valence-electron chi connectivity index (χ2n) is 6.76. The summed E-state index contributed by atoms with van der Waals surface area (Å²) in [5.74, 6) is 3.10. The molecule has 0 saturated heterocycles. The molecule has 2 aliphatic carbocycles. The molecule has 2 fully saturated rings. The summed E-state index contributed by atoms with van der Waals surface area (Å²) in [4.78, 5) is 0. The van der Waals surface area contributed by atoms with Gasteiger partial charge in [0.15, 0.2) is 0 Å². The Balaban J connectivity index is 1.84. The predicted octanol–water partition coefficient (Wildman–Crippen LogP) is 4.93. The van der Waals surface area contributed by atoms with Crippen molar-refractivity contribution in [1.82, 2.24) is 5.32 Å². The number of nitrogens with one attached hydrogen (secondary N) is 1. The first kappa shape index (κ1) is 15.1. The molecule has 1 N–H and O–H groups in total. The van der Waals surface area contributed by atoms with Gasteiger partial charge in [-0.15, -0.1) is 6.58 Å². The first-order valence-electron chi connectivity index (χ1n) is 8.69. The van der Waals surface area contributed by atoms with Gasteiger partial charge in [-0.25, -0.2) is 0 Å². The monoisotopic (exact) mass is 263 g/mol. The molecular weight excluding hydrogens is 230 g/mol. The lowest BCUT2D eigenvalue weighted by molar-refractivity contribution is 0.107. The Morgan fingerprint density at radius 1 is 1.16 bits per heavy atom. The fraction of sp³-hybridized carbons (Fsp3) is 0.889. The molecular formula is C18H33N. The number of rotatable bonds is 7. The van der Waals surface area contributed by atoms with Crippen LogP contribution in [0.4, 0.5) is 0 Å². The third kappa shape index (κ3) is 4.34. The van der Waals surface area contributed by atoms with Crippen LogP contribution in [0.3, 0.4) is 0 Å². The molecule has 0 aromatic rings. The Kier molecular flexibility index (Phi) is 6.43. The maximum atomic E-state index is 3.85. The van der Waals surface area contributed by atoms with Gasteiger partial charge in [0.1, 0.15) is 0 Å². The Morgan fingerprint density at radius 2 is 1.95 bits per heavy atom. The van der Waals surface area contributed by atoms with E-state index in [4.69, 9.17) is 0 Å². The van der Waals surface area contributed by atoms with Crippen molar-refractivity contribution in [3.05, 3.63) is 12.7 Å². The molecule has 110 valence electrons. The van der Waals surface area contributed by atoms with Gasteiger partial charge in [0.05, 0.1) is 0 Å². The van der Waals surface area contributed by atoms with E-state index in [1.807, 2.05) is 0 Å². The van der Waals surface area contributed by atoms with Crippen LogP contribution < -0.4 is 5.32 Å². The van der Waals surface area contributed by atoms with Gasteiger partial charge >= 0.3 is 0 Å². The van der Waals surface area contributed by atoms with E-state index in [1.54, 1.807) is 0 Å². The summed E-state index contributed by atoms with van der Waals surface area (Å²) in [6.45, 7) is 7.23. The minimum absolute atomic E-state index is 0.771. The smallest absolute Gasteiger partial charge is 0.00954 e. The molecule has 4 unspecified atom stereocenters. The van der Waals surface area contributed by atoms with E-state index >= 15 is 0 Å². The van der Waals surface area contributed by atoms with E-state index in [9.17, 15) is 0 Å². The number of hydrogen-bond acceptors (Lipinski definition) is 1. The third-order valence-electron chi connectivity index (χ3n) is 5.54. The van der Waals surface area contributed by atoms with Crippen LogP contribution in [-0.4, -0.2) is 12.6 Å². The Morgan fingerprint density at radius 3 is 2.68 bits per heavy atom. The van der Waals surface area contributed by atoms with Crippen LogP contribution in [0.15, 0.2) is 12.7 Å². The highest BCUT2D eigenvalue weighted by Gasteiger charge is 2.34. The number of unbranched alkanes of at least 4 members (excludes halogenated alkanes) is 1. The minimum Gasteiger partial charge on any atom is -0.314 e. The van der Waals surface area contributed by atoms with Gasteiger partial charge in [-0.1, -0.05) is 38.7 Å². The van der Waals surface area contributed by atoms with E-state index in [-0.39, 0.29) is 0 Å². The standard InChI is InChI=1S/C18H33N/c1-3-5-6-11-18(19-4-2)17-13-12-15-9-7-8-10-16(15)14-17/h3,15-19H,1,4-14H2,2H3. The first-order chi connectivity index (χ1) is 9.35. The minimum atomic E-state index is 0.771. The number of fused-ring (bicyclic) bond motifs is 1. The molecule has 19 heavy (non-hydrogen) atoms. The van der Waals surface area contributed by atoms with Crippen LogP contribution in [0, 0.1) is 17.8 Å². The second kappa shape index (κ2) is 8.09. The third-order valence-corrected chi connectivity index (χ3v) is 5.54. The Labute approximate surface area is 120 Å². The zero-order chi connectivity index (χ0) is 13.5. The van der Waals surface area contributed by atoms with Gasteiger partial charge in [-0.05, 0) is 62.8 Å². The van der Waals surface area contributed by atoms with Gasteiger partial charge in [0, 0.05) is 6.04 Å². The molecule has 2 saturated carbocycles. The lowest BCUT2D eigenvalue weighted by atomic mass is 9.65. The fourth-order valence-corrected chi connectivity index (χ4v) is 4.52. The summed E-state index contributed by atoms with van der Waals surface area (Å²) in [6.07, 6.45) is 16.5. The van der Waals surface area contributed by atoms with E-state index in [1.165, 1.54) is 64.2 Å². The lowest BCUT2D eigenvalue weighted by Gasteiger charge is -2.42. The van der Waals surface area contributed by atoms with Gasteiger partial charge in [0.2, 0.25) is 0 Å². The molecule has 0 aliphatic heterocycles. The van der Waals surface area contributed by atoms with Gasteiger partial charge in [-0.2, -0.15) is 0 Å². The van der Waals surface area contributed by atoms with Crippen LogP contribution in [0.2, 0.25) is 0 Å². The normalized spacial score (nSPS) is 32.6. The van der Waals surface area contributed by atoms with Crippen molar-refractivity contribution >= 4 is 0 Å². The van der Waals surface area contributed by atoms with Crippen LogP contribution in [0.25, 0.3) is 0 Å². The molecule has 1 nitrogen and oxygen atoms in total. The number of allylic oxidation sites excluding steroid dienone is 1. The van der Waals surface area contributed by atoms with E-state index < -0.39 is 0 Å². The largest absolute Gasteiger partial charge is 0.314 e. The SMILES string of the molecule is C=CCCCC(NCC)C1CCC2CCCCC2C1. The van der Waals surface area contributed by atoms with Crippen molar-refractivity contribution < 1.29 is 0 Å². The maximum absolute atomic E-state index is 3.85. The molecule has 2 rings (SSSR count). The van der Waals surface area contributed by atoms with Crippen molar-refractivity contribution in [3.8, 4) is 0 Å². The van der Waals surface area contributed by atoms with Crippen LogP contribution in [0.1, 0.15) is 71.1 Å². The molecule has 1 heteroatoms.